The lowest BCUT2D eigenvalue weighted by atomic mass is 9.91. The summed E-state index contributed by atoms with van der Waals surface area (Å²) < 4.78 is 5.46. The number of fused-ring (bicyclic) bond motifs is 1. The highest BCUT2D eigenvalue weighted by atomic mass is 16.5. The molecule has 0 aromatic heterocycles. The average Bonchev–Trinajstić information content (AvgIpc) is 2.04. The maximum absolute atomic E-state index is 5.46. The zero-order chi connectivity index (χ0) is 8.55. The molecule has 0 N–H and O–H groups in total. The first-order valence-corrected chi connectivity index (χ1v) is 4.45. The molecule has 1 aliphatic rings. The molecule has 0 spiro atoms. The van der Waals surface area contributed by atoms with Crippen LogP contribution < -0.4 is 0 Å². The lowest BCUT2D eigenvalue weighted by Crippen LogP contribution is -2.15. The van der Waals surface area contributed by atoms with Crippen molar-refractivity contribution in [2.45, 2.75) is 26.4 Å². The first kappa shape index (κ1) is 7.81. The molecule has 0 aliphatic carbocycles. The number of ether oxygens (including phenoxy) is 1. The van der Waals surface area contributed by atoms with Gasteiger partial charge < -0.3 is 4.74 Å². The Morgan fingerprint density at radius 1 is 1.42 bits per heavy atom. The standard InChI is InChI=1S/C11H14O/c1-8-4-3-5-10-7-12-6-9(2)11(8)10/h3-5,9H,6-7H2,1-2H3. The van der Waals surface area contributed by atoms with Crippen LogP contribution in [0, 0.1) is 6.92 Å². The minimum Gasteiger partial charge on any atom is -0.376 e. The minimum atomic E-state index is 0.565. The summed E-state index contributed by atoms with van der Waals surface area (Å²) in [6.07, 6.45) is 0. The summed E-state index contributed by atoms with van der Waals surface area (Å²) in [6.45, 7) is 6.07. The van der Waals surface area contributed by atoms with Gasteiger partial charge in [0.2, 0.25) is 0 Å². The number of aryl methyl sites for hydroxylation is 1. The fourth-order valence-electron chi connectivity index (χ4n) is 2.00. The first-order chi connectivity index (χ1) is 5.79. The van der Waals surface area contributed by atoms with E-state index in [4.69, 9.17) is 4.74 Å². The molecule has 0 fully saturated rings. The van der Waals surface area contributed by atoms with Crippen LogP contribution in [0.3, 0.4) is 0 Å². The van der Waals surface area contributed by atoms with Gasteiger partial charge in [-0.15, -0.1) is 0 Å². The van der Waals surface area contributed by atoms with E-state index in [1.165, 1.54) is 16.7 Å². The molecular weight excluding hydrogens is 148 g/mol. The van der Waals surface area contributed by atoms with E-state index in [-0.39, 0.29) is 0 Å². The normalized spacial score (nSPS) is 22.0. The Morgan fingerprint density at radius 3 is 3.00 bits per heavy atom. The fourth-order valence-corrected chi connectivity index (χ4v) is 2.00. The molecule has 0 saturated carbocycles. The highest BCUT2D eigenvalue weighted by Gasteiger charge is 2.17. The number of hydrogen-bond donors (Lipinski definition) is 0. The maximum atomic E-state index is 5.46. The van der Waals surface area contributed by atoms with Crippen LogP contribution >= 0.6 is 0 Å². The molecule has 2 rings (SSSR count). The largest absolute Gasteiger partial charge is 0.376 e. The van der Waals surface area contributed by atoms with Gasteiger partial charge in [-0.2, -0.15) is 0 Å². The van der Waals surface area contributed by atoms with E-state index < -0.39 is 0 Å². The molecular formula is C11H14O. The van der Waals surface area contributed by atoms with Crippen molar-refractivity contribution in [2.75, 3.05) is 6.61 Å². The molecule has 0 amide bonds. The molecule has 64 valence electrons. The Hall–Kier alpha value is -0.820. The Kier molecular flexibility index (Phi) is 1.89. The van der Waals surface area contributed by atoms with Crippen LogP contribution in [0.5, 0.6) is 0 Å². The van der Waals surface area contributed by atoms with E-state index in [9.17, 15) is 0 Å². The SMILES string of the molecule is Cc1cccc2c1C(C)COC2. The number of rotatable bonds is 0. The molecule has 0 saturated heterocycles. The van der Waals surface area contributed by atoms with Gasteiger partial charge >= 0.3 is 0 Å². The number of hydrogen-bond acceptors (Lipinski definition) is 1. The Balaban J connectivity index is 2.53. The molecule has 1 aromatic rings. The zero-order valence-electron chi connectivity index (χ0n) is 7.63. The van der Waals surface area contributed by atoms with Crippen LogP contribution in [0.2, 0.25) is 0 Å². The predicted molar refractivity (Wildman–Crippen MR) is 49.3 cm³/mol. The Morgan fingerprint density at radius 2 is 2.25 bits per heavy atom. The van der Waals surface area contributed by atoms with Crippen molar-refractivity contribution in [3.8, 4) is 0 Å². The van der Waals surface area contributed by atoms with Gasteiger partial charge in [0.25, 0.3) is 0 Å². The summed E-state index contributed by atoms with van der Waals surface area (Å²) in [5.41, 5.74) is 4.28. The highest BCUT2D eigenvalue weighted by molar-refractivity contribution is 5.37. The quantitative estimate of drug-likeness (QED) is 0.569. The van der Waals surface area contributed by atoms with Gasteiger partial charge in [0, 0.05) is 5.92 Å². The van der Waals surface area contributed by atoms with Crippen molar-refractivity contribution in [3.63, 3.8) is 0 Å². The summed E-state index contributed by atoms with van der Waals surface area (Å²) in [6, 6.07) is 6.45. The molecule has 1 unspecified atom stereocenters. The Labute approximate surface area is 73.4 Å². The molecule has 1 heteroatoms. The summed E-state index contributed by atoms with van der Waals surface area (Å²) >= 11 is 0. The third-order valence-electron chi connectivity index (χ3n) is 2.53. The summed E-state index contributed by atoms with van der Waals surface area (Å²) in [7, 11) is 0. The van der Waals surface area contributed by atoms with Crippen LogP contribution in [0.1, 0.15) is 29.5 Å². The second kappa shape index (κ2) is 2.91. The van der Waals surface area contributed by atoms with Crippen molar-refractivity contribution >= 4 is 0 Å². The van der Waals surface area contributed by atoms with Crippen molar-refractivity contribution in [1.82, 2.24) is 0 Å². The molecule has 1 aromatic carbocycles. The zero-order valence-corrected chi connectivity index (χ0v) is 7.63. The van der Waals surface area contributed by atoms with Gasteiger partial charge in [-0.05, 0) is 23.6 Å². The number of benzene rings is 1. The van der Waals surface area contributed by atoms with Crippen LogP contribution in [-0.2, 0) is 11.3 Å². The minimum absolute atomic E-state index is 0.565. The molecule has 1 atom stereocenters. The molecule has 0 bridgehead atoms. The highest BCUT2D eigenvalue weighted by Crippen LogP contribution is 2.28. The van der Waals surface area contributed by atoms with Crippen molar-refractivity contribution in [1.29, 1.82) is 0 Å². The van der Waals surface area contributed by atoms with E-state index >= 15 is 0 Å². The topological polar surface area (TPSA) is 9.23 Å². The van der Waals surface area contributed by atoms with Crippen LogP contribution in [0.15, 0.2) is 18.2 Å². The van der Waals surface area contributed by atoms with Crippen LogP contribution in [0.4, 0.5) is 0 Å². The van der Waals surface area contributed by atoms with Crippen molar-refractivity contribution in [2.24, 2.45) is 0 Å². The molecule has 1 aliphatic heterocycles. The van der Waals surface area contributed by atoms with Crippen LogP contribution in [0.25, 0.3) is 0 Å². The van der Waals surface area contributed by atoms with Gasteiger partial charge in [-0.25, -0.2) is 0 Å². The van der Waals surface area contributed by atoms with Crippen molar-refractivity contribution < 1.29 is 4.74 Å². The first-order valence-electron chi connectivity index (χ1n) is 4.45. The summed E-state index contributed by atoms with van der Waals surface area (Å²) in [5.74, 6) is 0.565. The van der Waals surface area contributed by atoms with Gasteiger partial charge in [-0.1, -0.05) is 25.1 Å². The Bertz CT molecular complexity index is 291. The monoisotopic (exact) mass is 162 g/mol. The van der Waals surface area contributed by atoms with Crippen molar-refractivity contribution in [3.05, 3.63) is 34.9 Å². The maximum Gasteiger partial charge on any atom is 0.0720 e. The van der Waals surface area contributed by atoms with E-state index in [0.717, 1.165) is 13.2 Å². The smallest absolute Gasteiger partial charge is 0.0720 e. The van der Waals surface area contributed by atoms with Gasteiger partial charge in [0.1, 0.15) is 0 Å². The molecule has 12 heavy (non-hydrogen) atoms. The van der Waals surface area contributed by atoms with Gasteiger partial charge in [0.05, 0.1) is 13.2 Å². The molecule has 1 nitrogen and oxygen atoms in total. The van der Waals surface area contributed by atoms with Crippen LogP contribution in [-0.4, -0.2) is 6.61 Å². The van der Waals surface area contributed by atoms with E-state index in [1.807, 2.05) is 0 Å². The van der Waals surface area contributed by atoms with E-state index in [0.29, 0.717) is 5.92 Å². The van der Waals surface area contributed by atoms with E-state index in [2.05, 4.69) is 32.0 Å². The third kappa shape index (κ3) is 1.14. The van der Waals surface area contributed by atoms with Gasteiger partial charge in [-0.3, -0.25) is 0 Å². The molecule has 1 heterocycles. The lowest BCUT2D eigenvalue weighted by Gasteiger charge is -2.24. The summed E-state index contributed by atoms with van der Waals surface area (Å²) in [5, 5.41) is 0. The second-order valence-electron chi connectivity index (χ2n) is 3.56. The van der Waals surface area contributed by atoms with Gasteiger partial charge in [0.15, 0.2) is 0 Å². The predicted octanol–water partition coefficient (Wildman–Crippen LogP) is 2.63. The van der Waals surface area contributed by atoms with E-state index in [1.54, 1.807) is 0 Å². The second-order valence-corrected chi connectivity index (χ2v) is 3.56. The summed E-state index contributed by atoms with van der Waals surface area (Å²) in [4.78, 5) is 0. The third-order valence-corrected chi connectivity index (χ3v) is 2.53. The fraction of sp³-hybridized carbons (Fsp3) is 0.455. The average molecular weight is 162 g/mol. The molecule has 0 radical (unpaired) electrons. The lowest BCUT2D eigenvalue weighted by molar-refractivity contribution is 0.0948.